The van der Waals surface area contributed by atoms with E-state index >= 15 is 0 Å². The molecule has 0 saturated heterocycles. The lowest BCUT2D eigenvalue weighted by Gasteiger charge is -2.11. The van der Waals surface area contributed by atoms with Gasteiger partial charge in [-0.2, -0.15) is 0 Å². The Kier molecular flexibility index (Phi) is 6.36. The smallest absolute Gasteiger partial charge is 0.303 e. The number of carboxylic acids is 1. The summed E-state index contributed by atoms with van der Waals surface area (Å²) in [6, 6.07) is 4.93. The number of anilines is 2. The van der Waals surface area contributed by atoms with Crippen LogP contribution in [-0.2, 0) is 19.6 Å². The third-order valence-corrected chi connectivity index (χ3v) is 3.45. The normalized spacial score (nSPS) is 11.0. The van der Waals surface area contributed by atoms with Gasteiger partial charge in [-0.05, 0) is 37.5 Å². The van der Waals surface area contributed by atoms with Gasteiger partial charge < -0.3 is 10.4 Å². The van der Waals surface area contributed by atoms with Crippen molar-refractivity contribution in [2.24, 2.45) is 0 Å². The predicted octanol–water partition coefficient (Wildman–Crippen LogP) is 1.95. The molecule has 0 aromatic heterocycles. The van der Waals surface area contributed by atoms with Gasteiger partial charge in [0.1, 0.15) is 0 Å². The summed E-state index contributed by atoms with van der Waals surface area (Å²) >= 11 is 0. The monoisotopic (exact) mass is 328 g/mol. The highest BCUT2D eigenvalue weighted by Gasteiger charge is 2.08. The number of sulfonamides is 1. The number of carboxylic acid groups (broad SMARTS) is 1. The van der Waals surface area contributed by atoms with Crippen molar-refractivity contribution in [3.63, 3.8) is 0 Å². The lowest BCUT2D eigenvalue weighted by molar-refractivity contribution is -0.137. The van der Waals surface area contributed by atoms with Crippen LogP contribution in [0, 0.1) is 6.92 Å². The molecule has 0 unspecified atom stereocenters. The van der Waals surface area contributed by atoms with Crippen LogP contribution >= 0.6 is 0 Å². The maximum atomic E-state index is 11.7. The van der Waals surface area contributed by atoms with Gasteiger partial charge in [-0.25, -0.2) is 8.42 Å². The van der Waals surface area contributed by atoms with Crippen molar-refractivity contribution in [1.29, 1.82) is 0 Å². The summed E-state index contributed by atoms with van der Waals surface area (Å²) in [5, 5.41) is 11.2. The van der Waals surface area contributed by atoms with Crippen LogP contribution in [0.15, 0.2) is 18.2 Å². The molecule has 0 radical (unpaired) electrons. The largest absolute Gasteiger partial charge is 0.481 e. The highest BCUT2D eigenvalue weighted by Crippen LogP contribution is 2.21. The first kappa shape index (κ1) is 18.0. The van der Waals surface area contributed by atoms with Crippen molar-refractivity contribution in [3.05, 3.63) is 23.8 Å². The molecule has 3 N–H and O–H groups in total. The second-order valence-electron chi connectivity index (χ2n) is 5.05. The highest BCUT2D eigenvalue weighted by atomic mass is 32.2. The molecule has 0 aliphatic rings. The average molecular weight is 328 g/mol. The van der Waals surface area contributed by atoms with Crippen LogP contribution in [0.1, 0.15) is 31.2 Å². The maximum absolute atomic E-state index is 11.7. The van der Waals surface area contributed by atoms with E-state index in [9.17, 15) is 18.0 Å². The van der Waals surface area contributed by atoms with Crippen molar-refractivity contribution in [2.45, 2.75) is 32.6 Å². The van der Waals surface area contributed by atoms with Gasteiger partial charge in [0.05, 0.1) is 11.9 Å². The summed E-state index contributed by atoms with van der Waals surface area (Å²) in [6.45, 7) is 1.75. The summed E-state index contributed by atoms with van der Waals surface area (Å²) in [5.41, 5.74) is 1.64. The van der Waals surface area contributed by atoms with Crippen LogP contribution in [0.25, 0.3) is 0 Å². The number of hydrogen-bond acceptors (Lipinski definition) is 4. The standard InChI is InChI=1S/C14H20N2O5S/c1-10-7-8-11(9-12(10)16-22(2,20)21)15-13(17)5-3-4-6-14(18)19/h7-9,16H,3-6H2,1-2H3,(H,15,17)(H,18,19). The van der Waals surface area contributed by atoms with Crippen molar-refractivity contribution in [2.75, 3.05) is 16.3 Å². The molecule has 0 heterocycles. The van der Waals surface area contributed by atoms with Crippen molar-refractivity contribution in [1.82, 2.24) is 0 Å². The number of carbonyl (C=O) groups excluding carboxylic acids is 1. The molecule has 1 aromatic carbocycles. The zero-order valence-electron chi connectivity index (χ0n) is 12.5. The van der Waals surface area contributed by atoms with Gasteiger partial charge in [-0.15, -0.1) is 0 Å². The molecular weight excluding hydrogens is 308 g/mol. The number of nitrogens with one attached hydrogen (secondary N) is 2. The van der Waals surface area contributed by atoms with E-state index in [1.807, 2.05) is 0 Å². The molecule has 1 amide bonds. The van der Waals surface area contributed by atoms with E-state index < -0.39 is 16.0 Å². The van der Waals surface area contributed by atoms with E-state index in [0.717, 1.165) is 11.8 Å². The van der Waals surface area contributed by atoms with Crippen molar-refractivity contribution in [3.8, 4) is 0 Å². The summed E-state index contributed by atoms with van der Waals surface area (Å²) in [7, 11) is -3.39. The van der Waals surface area contributed by atoms with Gasteiger partial charge in [0, 0.05) is 18.5 Å². The number of aliphatic carboxylic acids is 1. The van der Waals surface area contributed by atoms with E-state index in [2.05, 4.69) is 10.0 Å². The Morgan fingerprint density at radius 3 is 2.41 bits per heavy atom. The molecule has 0 aliphatic heterocycles. The highest BCUT2D eigenvalue weighted by molar-refractivity contribution is 7.92. The predicted molar refractivity (Wildman–Crippen MR) is 84.4 cm³/mol. The molecule has 1 aromatic rings. The van der Waals surface area contributed by atoms with E-state index in [1.165, 1.54) is 0 Å². The second-order valence-corrected chi connectivity index (χ2v) is 6.80. The Morgan fingerprint density at radius 2 is 1.82 bits per heavy atom. The minimum absolute atomic E-state index is 0.0419. The number of aryl methyl sites for hydroxylation is 1. The van der Waals surface area contributed by atoms with Gasteiger partial charge in [0.15, 0.2) is 0 Å². The van der Waals surface area contributed by atoms with Gasteiger partial charge in [-0.3, -0.25) is 14.3 Å². The fourth-order valence-electron chi connectivity index (χ4n) is 1.79. The van der Waals surface area contributed by atoms with E-state index in [0.29, 0.717) is 24.2 Å². The number of carbonyl (C=O) groups is 2. The number of amides is 1. The van der Waals surface area contributed by atoms with E-state index in [4.69, 9.17) is 5.11 Å². The Morgan fingerprint density at radius 1 is 1.18 bits per heavy atom. The molecule has 0 aliphatic carbocycles. The third kappa shape index (κ3) is 7.07. The average Bonchev–Trinajstić information content (AvgIpc) is 2.37. The number of benzene rings is 1. The summed E-state index contributed by atoms with van der Waals surface area (Å²) in [5.74, 6) is -1.12. The number of rotatable bonds is 8. The zero-order valence-corrected chi connectivity index (χ0v) is 13.4. The lowest BCUT2D eigenvalue weighted by Crippen LogP contribution is -2.13. The molecule has 0 spiro atoms. The summed E-state index contributed by atoms with van der Waals surface area (Å²) < 4.78 is 24.9. The van der Waals surface area contributed by atoms with Crippen LogP contribution in [0.5, 0.6) is 0 Å². The van der Waals surface area contributed by atoms with Gasteiger partial charge in [-0.1, -0.05) is 6.07 Å². The first-order valence-corrected chi connectivity index (χ1v) is 8.66. The Bertz CT molecular complexity index is 655. The third-order valence-electron chi connectivity index (χ3n) is 2.86. The first-order valence-electron chi connectivity index (χ1n) is 6.77. The molecule has 122 valence electrons. The molecule has 0 atom stereocenters. The maximum Gasteiger partial charge on any atom is 0.303 e. The number of unbranched alkanes of at least 4 members (excludes halogenated alkanes) is 1. The van der Waals surface area contributed by atoms with Gasteiger partial charge in [0.25, 0.3) is 0 Å². The van der Waals surface area contributed by atoms with Crippen LogP contribution in [0.2, 0.25) is 0 Å². The Labute approximate surface area is 129 Å². The first-order chi connectivity index (χ1) is 10.2. The Hall–Kier alpha value is -2.09. The lowest BCUT2D eigenvalue weighted by atomic mass is 10.1. The summed E-state index contributed by atoms with van der Waals surface area (Å²) in [6.07, 6.45) is 2.24. The van der Waals surface area contributed by atoms with Crippen LogP contribution in [0.4, 0.5) is 11.4 Å². The number of hydrogen-bond donors (Lipinski definition) is 3. The fourth-order valence-corrected chi connectivity index (χ4v) is 2.41. The quantitative estimate of drug-likeness (QED) is 0.631. The minimum atomic E-state index is -3.39. The van der Waals surface area contributed by atoms with Crippen LogP contribution < -0.4 is 10.0 Å². The molecule has 22 heavy (non-hydrogen) atoms. The van der Waals surface area contributed by atoms with E-state index in [-0.39, 0.29) is 18.7 Å². The van der Waals surface area contributed by atoms with E-state index in [1.54, 1.807) is 25.1 Å². The minimum Gasteiger partial charge on any atom is -0.481 e. The molecule has 0 fully saturated rings. The second kappa shape index (κ2) is 7.79. The van der Waals surface area contributed by atoms with Gasteiger partial charge >= 0.3 is 5.97 Å². The molecule has 7 nitrogen and oxygen atoms in total. The van der Waals surface area contributed by atoms with Crippen LogP contribution in [0.3, 0.4) is 0 Å². The zero-order chi connectivity index (χ0) is 16.8. The van der Waals surface area contributed by atoms with Crippen molar-refractivity contribution >= 4 is 33.3 Å². The van der Waals surface area contributed by atoms with Crippen LogP contribution in [-0.4, -0.2) is 31.7 Å². The molecule has 8 heteroatoms. The Balaban J connectivity index is 2.60. The molecule has 0 bridgehead atoms. The summed E-state index contributed by atoms with van der Waals surface area (Å²) in [4.78, 5) is 22.1. The molecule has 0 saturated carbocycles. The molecular formula is C14H20N2O5S. The van der Waals surface area contributed by atoms with Crippen molar-refractivity contribution < 1.29 is 23.1 Å². The van der Waals surface area contributed by atoms with Gasteiger partial charge in [0.2, 0.25) is 15.9 Å². The molecule has 1 rings (SSSR count). The fraction of sp³-hybridized carbons (Fsp3) is 0.429. The topological polar surface area (TPSA) is 113 Å². The SMILES string of the molecule is Cc1ccc(NC(=O)CCCCC(=O)O)cc1NS(C)(=O)=O.